The zero-order chi connectivity index (χ0) is 7.84. The van der Waals surface area contributed by atoms with Gasteiger partial charge in [0, 0.05) is 12.6 Å². The molecule has 3 atom stereocenters. The van der Waals surface area contributed by atoms with Gasteiger partial charge in [0.1, 0.15) is 0 Å². The number of fused-ring (bicyclic) bond motifs is 1. The normalized spacial score (nSPS) is 45.8. The Balaban J connectivity index is 2.05. The van der Waals surface area contributed by atoms with E-state index in [1.54, 1.807) is 0 Å². The van der Waals surface area contributed by atoms with Crippen LogP contribution in [-0.4, -0.2) is 24.5 Å². The summed E-state index contributed by atoms with van der Waals surface area (Å²) in [4.78, 5) is 2.54. The Morgan fingerprint density at radius 1 is 1.18 bits per heavy atom. The first-order chi connectivity index (χ1) is 5.29. The molecule has 2 aliphatic rings. The molecule has 2 unspecified atom stereocenters. The summed E-state index contributed by atoms with van der Waals surface area (Å²) in [5, 5.41) is 0. The Bertz CT molecular complexity index is 144. The number of rotatable bonds is 0. The third-order valence-electron chi connectivity index (χ3n) is 3.81. The quantitative estimate of drug-likeness (QED) is 0.515. The van der Waals surface area contributed by atoms with Crippen LogP contribution < -0.4 is 0 Å². The molecule has 0 radical (unpaired) electrons. The van der Waals surface area contributed by atoms with Gasteiger partial charge in [0.05, 0.1) is 0 Å². The maximum Gasteiger partial charge on any atom is 0.00953 e. The molecule has 2 rings (SSSR count). The summed E-state index contributed by atoms with van der Waals surface area (Å²) in [5.74, 6) is 2.08. The fourth-order valence-corrected chi connectivity index (χ4v) is 2.96. The van der Waals surface area contributed by atoms with Crippen molar-refractivity contribution in [2.45, 2.75) is 38.6 Å². The first-order valence-corrected chi connectivity index (χ1v) is 4.99. The molecular formula is C10H19N. The molecule has 1 saturated carbocycles. The minimum absolute atomic E-state index is 0.861. The van der Waals surface area contributed by atoms with Gasteiger partial charge in [-0.25, -0.2) is 0 Å². The minimum Gasteiger partial charge on any atom is -0.303 e. The zero-order valence-electron chi connectivity index (χ0n) is 7.71. The van der Waals surface area contributed by atoms with Crippen molar-refractivity contribution in [3.05, 3.63) is 0 Å². The van der Waals surface area contributed by atoms with Crippen LogP contribution in [0.2, 0.25) is 0 Å². The van der Waals surface area contributed by atoms with Crippen LogP contribution in [0, 0.1) is 11.8 Å². The van der Waals surface area contributed by atoms with E-state index in [0.717, 1.165) is 17.9 Å². The highest BCUT2D eigenvalue weighted by Crippen LogP contribution is 2.39. The van der Waals surface area contributed by atoms with E-state index in [0.29, 0.717) is 0 Å². The largest absolute Gasteiger partial charge is 0.303 e. The molecule has 0 amide bonds. The van der Waals surface area contributed by atoms with Gasteiger partial charge in [-0.3, -0.25) is 0 Å². The summed E-state index contributed by atoms with van der Waals surface area (Å²) in [6, 6.07) is 0.861. The zero-order valence-corrected chi connectivity index (χ0v) is 7.71. The molecule has 1 aliphatic carbocycles. The molecule has 2 fully saturated rings. The summed E-state index contributed by atoms with van der Waals surface area (Å²) < 4.78 is 0. The van der Waals surface area contributed by atoms with Crippen molar-refractivity contribution in [2.75, 3.05) is 13.6 Å². The minimum atomic E-state index is 0.861. The van der Waals surface area contributed by atoms with Gasteiger partial charge in [-0.2, -0.15) is 0 Å². The van der Waals surface area contributed by atoms with Crippen LogP contribution in [0.4, 0.5) is 0 Å². The molecule has 0 N–H and O–H groups in total. The van der Waals surface area contributed by atoms with E-state index in [9.17, 15) is 0 Å². The molecule has 0 aromatic carbocycles. The molecule has 0 aromatic rings. The van der Waals surface area contributed by atoms with Crippen molar-refractivity contribution in [2.24, 2.45) is 11.8 Å². The lowest BCUT2D eigenvalue weighted by Crippen LogP contribution is -2.26. The van der Waals surface area contributed by atoms with E-state index >= 15 is 0 Å². The van der Waals surface area contributed by atoms with Crippen molar-refractivity contribution in [1.29, 1.82) is 0 Å². The van der Waals surface area contributed by atoms with Crippen molar-refractivity contribution in [3.8, 4) is 0 Å². The Morgan fingerprint density at radius 2 is 1.91 bits per heavy atom. The Hall–Kier alpha value is -0.0400. The Kier molecular flexibility index (Phi) is 1.92. The van der Waals surface area contributed by atoms with Crippen LogP contribution in [-0.2, 0) is 0 Å². The molecule has 1 heterocycles. The highest BCUT2D eigenvalue weighted by molar-refractivity contribution is 4.90. The van der Waals surface area contributed by atoms with Crippen LogP contribution in [0.15, 0.2) is 0 Å². The van der Waals surface area contributed by atoms with E-state index in [4.69, 9.17) is 0 Å². The average Bonchev–Trinajstić information content (AvgIpc) is 2.30. The van der Waals surface area contributed by atoms with Gasteiger partial charge in [-0.05, 0) is 38.6 Å². The third-order valence-corrected chi connectivity index (χ3v) is 3.81. The van der Waals surface area contributed by atoms with Crippen molar-refractivity contribution in [1.82, 2.24) is 4.90 Å². The summed E-state index contributed by atoms with van der Waals surface area (Å²) in [7, 11) is 2.28. The number of likely N-dealkylation sites (tertiary alicyclic amines) is 1. The van der Waals surface area contributed by atoms with Crippen LogP contribution in [0.1, 0.15) is 32.6 Å². The summed E-state index contributed by atoms with van der Waals surface area (Å²) in [6.45, 7) is 3.77. The molecule has 0 spiro atoms. The van der Waals surface area contributed by atoms with Crippen LogP contribution in [0.5, 0.6) is 0 Å². The van der Waals surface area contributed by atoms with E-state index < -0.39 is 0 Å². The number of hydrogen-bond donors (Lipinski definition) is 0. The molecule has 11 heavy (non-hydrogen) atoms. The van der Waals surface area contributed by atoms with Crippen LogP contribution >= 0.6 is 0 Å². The standard InChI is InChI=1S/C10H19N/c1-8-10-6-4-3-5-9(10)7-11(8)2/h8-10H,3-7H2,1-2H3/t8-,9?,10?/m0/s1. The molecule has 1 nitrogen and oxygen atoms in total. The summed E-state index contributed by atoms with van der Waals surface area (Å²) in [5.41, 5.74) is 0. The molecule has 1 saturated heterocycles. The van der Waals surface area contributed by atoms with Crippen molar-refractivity contribution in [3.63, 3.8) is 0 Å². The van der Waals surface area contributed by atoms with E-state index in [2.05, 4.69) is 18.9 Å². The molecule has 64 valence electrons. The summed E-state index contributed by atoms with van der Waals surface area (Å²) in [6.07, 6.45) is 5.97. The third kappa shape index (κ3) is 1.20. The second-order valence-electron chi connectivity index (χ2n) is 4.39. The van der Waals surface area contributed by atoms with Gasteiger partial charge in [-0.1, -0.05) is 12.8 Å². The molecular weight excluding hydrogens is 134 g/mol. The highest BCUT2D eigenvalue weighted by atomic mass is 15.2. The predicted octanol–water partition coefficient (Wildman–Crippen LogP) is 2.13. The monoisotopic (exact) mass is 153 g/mol. The first kappa shape index (κ1) is 7.60. The Morgan fingerprint density at radius 3 is 2.64 bits per heavy atom. The highest BCUT2D eigenvalue weighted by Gasteiger charge is 2.37. The average molecular weight is 153 g/mol. The lowest BCUT2D eigenvalue weighted by Gasteiger charge is -2.26. The van der Waals surface area contributed by atoms with Gasteiger partial charge in [0.15, 0.2) is 0 Å². The SMILES string of the molecule is C[C@H]1C2CCCCC2CN1C. The van der Waals surface area contributed by atoms with Gasteiger partial charge in [0.25, 0.3) is 0 Å². The Labute approximate surface area is 69.8 Å². The molecule has 0 aromatic heterocycles. The van der Waals surface area contributed by atoms with E-state index in [1.807, 2.05) is 0 Å². The van der Waals surface area contributed by atoms with E-state index in [-0.39, 0.29) is 0 Å². The fraction of sp³-hybridized carbons (Fsp3) is 1.00. The molecule has 1 aliphatic heterocycles. The molecule has 1 heteroatoms. The molecule has 0 bridgehead atoms. The second kappa shape index (κ2) is 2.78. The van der Waals surface area contributed by atoms with Gasteiger partial charge < -0.3 is 4.90 Å². The van der Waals surface area contributed by atoms with Crippen LogP contribution in [0.3, 0.4) is 0 Å². The lowest BCUT2D eigenvalue weighted by atomic mass is 9.79. The maximum absolute atomic E-state index is 2.54. The van der Waals surface area contributed by atoms with E-state index in [1.165, 1.54) is 32.2 Å². The van der Waals surface area contributed by atoms with Gasteiger partial charge >= 0.3 is 0 Å². The van der Waals surface area contributed by atoms with Crippen molar-refractivity contribution >= 4 is 0 Å². The smallest absolute Gasteiger partial charge is 0.00953 e. The summed E-state index contributed by atoms with van der Waals surface area (Å²) >= 11 is 0. The van der Waals surface area contributed by atoms with Gasteiger partial charge in [-0.15, -0.1) is 0 Å². The first-order valence-electron chi connectivity index (χ1n) is 4.99. The fourth-order valence-electron chi connectivity index (χ4n) is 2.96. The van der Waals surface area contributed by atoms with Crippen LogP contribution in [0.25, 0.3) is 0 Å². The topological polar surface area (TPSA) is 3.24 Å². The second-order valence-corrected chi connectivity index (χ2v) is 4.39. The predicted molar refractivity (Wildman–Crippen MR) is 47.5 cm³/mol. The van der Waals surface area contributed by atoms with Gasteiger partial charge in [0.2, 0.25) is 0 Å². The number of hydrogen-bond acceptors (Lipinski definition) is 1. The lowest BCUT2D eigenvalue weighted by molar-refractivity contribution is 0.251. The number of nitrogens with zero attached hydrogens (tertiary/aromatic N) is 1. The maximum atomic E-state index is 2.54. The van der Waals surface area contributed by atoms with Crippen molar-refractivity contribution < 1.29 is 0 Å².